The van der Waals surface area contributed by atoms with E-state index in [1.54, 1.807) is 45.7 Å². The molecule has 0 fully saturated rings. The molecule has 1 aromatic heterocycles. The van der Waals surface area contributed by atoms with Gasteiger partial charge < -0.3 is 20.5 Å². The minimum Gasteiger partial charge on any atom is -0.493 e. The molecule has 4 rings (SSSR count). The predicted octanol–water partition coefficient (Wildman–Crippen LogP) is 7.53. The lowest BCUT2D eigenvalue weighted by Crippen LogP contribution is -2.11. The van der Waals surface area contributed by atoms with Crippen LogP contribution < -0.4 is 25.6 Å². The maximum Gasteiger partial charge on any atom is 0.161 e. The molecule has 0 atom stereocenters. The standard InChI is InChI=1S/C32H33FN4O2/c1-21-6-8-24(9-7-21)22(2)18-35-19-23(3)37(33)28-13-10-25(11-14-28)29-16-27(20-36-32(29)34)26-12-15-30(38-4)31(17-26)39-5/h6-20,35H,1-5H3,(H2,34,36)/b22-18+,23-19+. The second-order valence-corrected chi connectivity index (χ2v) is 9.20. The van der Waals surface area contributed by atoms with Gasteiger partial charge in [0.25, 0.3) is 0 Å². The van der Waals surface area contributed by atoms with Crippen LogP contribution in [0.5, 0.6) is 11.5 Å². The van der Waals surface area contributed by atoms with Crippen LogP contribution in [-0.4, -0.2) is 19.2 Å². The minimum atomic E-state index is 0.389. The van der Waals surface area contributed by atoms with Crippen molar-refractivity contribution in [2.75, 3.05) is 25.1 Å². The van der Waals surface area contributed by atoms with E-state index in [9.17, 15) is 0 Å². The number of allylic oxidation sites excluding steroid dienone is 2. The molecule has 0 saturated carbocycles. The van der Waals surface area contributed by atoms with Gasteiger partial charge in [-0.15, -0.1) is 0 Å². The van der Waals surface area contributed by atoms with Gasteiger partial charge in [-0.2, -0.15) is 5.12 Å². The Morgan fingerprint density at radius 2 is 1.51 bits per heavy atom. The van der Waals surface area contributed by atoms with Crippen molar-refractivity contribution in [1.82, 2.24) is 10.3 Å². The summed E-state index contributed by atoms with van der Waals surface area (Å²) in [4.78, 5) is 4.39. The molecule has 0 bridgehead atoms. The lowest BCUT2D eigenvalue weighted by molar-refractivity contribution is 0.355. The highest BCUT2D eigenvalue weighted by Gasteiger charge is 2.12. The van der Waals surface area contributed by atoms with Gasteiger partial charge >= 0.3 is 0 Å². The fraction of sp³-hybridized carbons (Fsp3) is 0.156. The summed E-state index contributed by atoms with van der Waals surface area (Å²) in [6.45, 7) is 5.76. The van der Waals surface area contributed by atoms with Crippen molar-refractivity contribution < 1.29 is 14.0 Å². The first-order valence-electron chi connectivity index (χ1n) is 12.5. The number of nitrogens with one attached hydrogen (secondary N) is 1. The maximum absolute atomic E-state index is 15.1. The first-order valence-corrected chi connectivity index (χ1v) is 12.5. The molecular weight excluding hydrogens is 491 g/mol. The van der Waals surface area contributed by atoms with E-state index in [0.717, 1.165) is 33.4 Å². The van der Waals surface area contributed by atoms with Gasteiger partial charge in [-0.25, -0.2) is 4.98 Å². The summed E-state index contributed by atoms with van der Waals surface area (Å²) in [5.41, 5.74) is 13.8. The molecule has 0 aliphatic rings. The summed E-state index contributed by atoms with van der Waals surface area (Å²) in [6, 6.07) is 23.0. The Balaban J connectivity index is 1.50. The van der Waals surface area contributed by atoms with Crippen LogP contribution in [0, 0.1) is 6.92 Å². The van der Waals surface area contributed by atoms with Crippen molar-refractivity contribution >= 4 is 17.1 Å². The maximum atomic E-state index is 15.1. The van der Waals surface area contributed by atoms with E-state index >= 15 is 4.48 Å². The fourth-order valence-corrected chi connectivity index (χ4v) is 4.10. The number of aromatic nitrogens is 1. The summed E-state index contributed by atoms with van der Waals surface area (Å²) in [6.07, 6.45) is 5.19. The molecule has 3 aromatic carbocycles. The van der Waals surface area contributed by atoms with Crippen LogP contribution in [0.4, 0.5) is 16.0 Å². The van der Waals surface area contributed by atoms with Gasteiger partial charge in [0.2, 0.25) is 0 Å². The molecule has 0 aliphatic heterocycles. The Bertz CT molecular complexity index is 1500. The third-order valence-corrected chi connectivity index (χ3v) is 6.45. The van der Waals surface area contributed by atoms with Crippen LogP contribution >= 0.6 is 0 Å². The van der Waals surface area contributed by atoms with E-state index in [1.807, 2.05) is 49.5 Å². The van der Waals surface area contributed by atoms with E-state index in [1.165, 1.54) is 5.56 Å². The van der Waals surface area contributed by atoms with Crippen LogP contribution in [0.25, 0.3) is 27.8 Å². The number of hydrogen-bond donors (Lipinski definition) is 2. The lowest BCUT2D eigenvalue weighted by Gasteiger charge is -2.15. The van der Waals surface area contributed by atoms with Gasteiger partial charge in [-0.1, -0.05) is 52.5 Å². The minimum absolute atomic E-state index is 0.389. The van der Waals surface area contributed by atoms with Gasteiger partial charge in [0, 0.05) is 29.7 Å². The molecule has 0 saturated heterocycles. The van der Waals surface area contributed by atoms with Crippen molar-refractivity contribution in [1.29, 1.82) is 0 Å². The zero-order valence-corrected chi connectivity index (χ0v) is 22.8. The lowest BCUT2D eigenvalue weighted by atomic mass is 10.0. The molecule has 39 heavy (non-hydrogen) atoms. The normalized spacial score (nSPS) is 11.7. The second-order valence-electron chi connectivity index (χ2n) is 9.20. The quantitative estimate of drug-likeness (QED) is 0.221. The number of benzene rings is 3. The van der Waals surface area contributed by atoms with E-state index in [4.69, 9.17) is 15.2 Å². The number of methoxy groups -OCH3 is 2. The Hall–Kier alpha value is -4.78. The zero-order valence-electron chi connectivity index (χ0n) is 22.8. The molecular formula is C32H33FN4O2. The molecule has 6 nitrogen and oxygen atoms in total. The zero-order chi connectivity index (χ0) is 27.9. The van der Waals surface area contributed by atoms with Crippen LogP contribution in [0.1, 0.15) is 25.0 Å². The molecule has 1 heterocycles. The van der Waals surface area contributed by atoms with Gasteiger partial charge in [0.05, 0.1) is 25.6 Å². The number of halogens is 1. The molecule has 3 N–H and O–H groups in total. The van der Waals surface area contributed by atoms with Crippen molar-refractivity contribution in [3.05, 3.63) is 108 Å². The van der Waals surface area contributed by atoms with Crippen LogP contribution in [0.2, 0.25) is 0 Å². The van der Waals surface area contributed by atoms with Crippen molar-refractivity contribution in [3.63, 3.8) is 0 Å². The molecule has 0 spiro atoms. The molecule has 4 aromatic rings. The summed E-state index contributed by atoms with van der Waals surface area (Å²) >= 11 is 0. The second kappa shape index (κ2) is 12.2. The number of ether oxygens (including phenoxy) is 2. The number of nitrogens with two attached hydrogens (primary N) is 1. The highest BCUT2D eigenvalue weighted by atomic mass is 19.2. The third kappa shape index (κ3) is 6.38. The number of nitrogen functional groups attached to an aromatic ring is 1. The number of pyridine rings is 1. The third-order valence-electron chi connectivity index (χ3n) is 6.45. The number of rotatable bonds is 9. The van der Waals surface area contributed by atoms with Crippen molar-refractivity contribution in [3.8, 4) is 33.8 Å². The predicted molar refractivity (Wildman–Crippen MR) is 158 cm³/mol. The van der Waals surface area contributed by atoms with E-state index in [-0.39, 0.29) is 0 Å². The molecule has 7 heteroatoms. The molecule has 0 aliphatic carbocycles. The SMILES string of the molecule is COc1ccc(-c2cnc(N)c(-c3ccc(N(F)/C(C)=C/N/C=C(\C)c4ccc(C)cc4)cc3)c2)cc1OC. The van der Waals surface area contributed by atoms with Gasteiger partial charge in [-0.3, -0.25) is 0 Å². The Labute approximate surface area is 229 Å². The molecule has 0 amide bonds. The molecule has 0 radical (unpaired) electrons. The van der Waals surface area contributed by atoms with E-state index in [2.05, 4.69) is 41.5 Å². The highest BCUT2D eigenvalue weighted by molar-refractivity contribution is 5.80. The summed E-state index contributed by atoms with van der Waals surface area (Å²) < 4.78 is 25.9. The highest BCUT2D eigenvalue weighted by Crippen LogP contribution is 2.35. The monoisotopic (exact) mass is 524 g/mol. The number of aryl methyl sites for hydroxylation is 1. The Morgan fingerprint density at radius 1 is 0.846 bits per heavy atom. The van der Waals surface area contributed by atoms with Crippen LogP contribution in [-0.2, 0) is 0 Å². The summed E-state index contributed by atoms with van der Waals surface area (Å²) in [5.74, 6) is 1.66. The van der Waals surface area contributed by atoms with E-state index < -0.39 is 0 Å². The number of hydrogen-bond acceptors (Lipinski definition) is 6. The summed E-state index contributed by atoms with van der Waals surface area (Å²) in [7, 11) is 3.20. The topological polar surface area (TPSA) is 72.6 Å². The number of nitrogens with zero attached hydrogens (tertiary/aromatic N) is 2. The Kier molecular flexibility index (Phi) is 8.51. The van der Waals surface area contributed by atoms with Gasteiger partial charge in [0.15, 0.2) is 11.5 Å². The average Bonchev–Trinajstić information content (AvgIpc) is 2.97. The first kappa shape index (κ1) is 27.3. The Morgan fingerprint density at radius 3 is 2.18 bits per heavy atom. The molecule has 200 valence electrons. The largest absolute Gasteiger partial charge is 0.493 e. The van der Waals surface area contributed by atoms with Crippen molar-refractivity contribution in [2.45, 2.75) is 20.8 Å². The number of anilines is 2. The smallest absolute Gasteiger partial charge is 0.161 e. The van der Waals surface area contributed by atoms with Crippen molar-refractivity contribution in [2.24, 2.45) is 0 Å². The molecule has 0 unspecified atom stereocenters. The average molecular weight is 525 g/mol. The van der Waals surface area contributed by atoms with Gasteiger partial charge in [0.1, 0.15) is 5.82 Å². The fourth-order valence-electron chi connectivity index (χ4n) is 4.10. The first-order chi connectivity index (χ1) is 18.8. The van der Waals surface area contributed by atoms with E-state index in [0.29, 0.717) is 33.8 Å². The van der Waals surface area contributed by atoms with Crippen LogP contribution in [0.3, 0.4) is 0 Å². The van der Waals surface area contributed by atoms with Gasteiger partial charge in [-0.05, 0) is 73.4 Å². The van der Waals surface area contributed by atoms with Crippen LogP contribution in [0.15, 0.2) is 97.1 Å². The summed E-state index contributed by atoms with van der Waals surface area (Å²) in [5, 5.41) is 3.72.